The fraction of sp³-hybridized carbons (Fsp3) is 0.346. The van der Waals surface area contributed by atoms with Crippen LogP contribution >= 0.6 is 0 Å². The van der Waals surface area contributed by atoms with Crippen LogP contribution in [0.3, 0.4) is 0 Å². The summed E-state index contributed by atoms with van der Waals surface area (Å²) in [5.41, 5.74) is 2.67. The van der Waals surface area contributed by atoms with E-state index in [1.807, 2.05) is 38.1 Å². The zero-order chi connectivity index (χ0) is 22.5. The lowest BCUT2D eigenvalue weighted by molar-refractivity contribution is 0.158. The molecule has 6 heteroatoms. The van der Waals surface area contributed by atoms with Gasteiger partial charge in [0.1, 0.15) is 28.2 Å². The summed E-state index contributed by atoms with van der Waals surface area (Å²) in [6, 6.07) is 11.5. The lowest BCUT2D eigenvalue weighted by Gasteiger charge is -2.34. The molecule has 0 radical (unpaired) electrons. The fourth-order valence-electron chi connectivity index (χ4n) is 4.36. The minimum atomic E-state index is -0.444. The average molecular weight is 433 g/mol. The molecule has 2 aliphatic heterocycles. The molecule has 0 bridgehead atoms. The molecule has 0 N–H and O–H groups in total. The number of hydrogen-bond donors (Lipinski definition) is 0. The van der Waals surface area contributed by atoms with Gasteiger partial charge in [0.05, 0.1) is 12.7 Å². The van der Waals surface area contributed by atoms with E-state index in [1.165, 1.54) is 0 Å². The van der Waals surface area contributed by atoms with E-state index in [9.17, 15) is 4.79 Å². The Morgan fingerprint density at radius 3 is 2.59 bits per heavy atom. The van der Waals surface area contributed by atoms with Crippen LogP contribution in [0.4, 0.5) is 5.69 Å². The van der Waals surface area contributed by atoms with Gasteiger partial charge in [-0.25, -0.2) is 0 Å². The zero-order valence-corrected chi connectivity index (χ0v) is 19.0. The van der Waals surface area contributed by atoms with Crippen molar-refractivity contribution in [3.63, 3.8) is 0 Å². The molecule has 1 fully saturated rings. The van der Waals surface area contributed by atoms with Crippen LogP contribution in [0.5, 0.6) is 11.5 Å². The molecule has 1 saturated heterocycles. The topological polar surface area (TPSA) is 55.2 Å². The van der Waals surface area contributed by atoms with Crippen LogP contribution in [0.25, 0.3) is 28.4 Å². The number of benzene rings is 2. The third-order valence-corrected chi connectivity index (χ3v) is 6.21. The Hall–Kier alpha value is -3.25. The molecular weight excluding hydrogens is 404 g/mol. The second-order valence-electron chi connectivity index (χ2n) is 9.05. The first-order valence-electron chi connectivity index (χ1n) is 11.0. The van der Waals surface area contributed by atoms with Crippen LogP contribution in [-0.4, -0.2) is 50.8 Å². The molecule has 6 nitrogen and oxygen atoms in total. The maximum absolute atomic E-state index is 13.2. The lowest BCUT2D eigenvalue weighted by atomic mass is 9.99. The van der Waals surface area contributed by atoms with Crippen molar-refractivity contribution >= 4 is 22.7 Å². The maximum Gasteiger partial charge on any atom is 0.197 e. The summed E-state index contributed by atoms with van der Waals surface area (Å²) in [5.74, 6) is 1.64. The number of nitrogens with zero attached hydrogens (tertiary/aromatic N) is 2. The van der Waals surface area contributed by atoms with Gasteiger partial charge in [0, 0.05) is 49.6 Å². The van der Waals surface area contributed by atoms with Crippen molar-refractivity contribution in [3.05, 3.63) is 58.3 Å². The minimum absolute atomic E-state index is 0.135. The highest BCUT2D eigenvalue weighted by molar-refractivity contribution is 5.94. The zero-order valence-electron chi connectivity index (χ0n) is 19.0. The predicted octanol–water partition coefficient (Wildman–Crippen LogP) is 4.40. The van der Waals surface area contributed by atoms with E-state index in [2.05, 4.69) is 29.0 Å². The van der Waals surface area contributed by atoms with Crippen molar-refractivity contribution in [2.75, 3.05) is 45.2 Å². The number of ether oxygens (including phenoxy) is 2. The van der Waals surface area contributed by atoms with Crippen molar-refractivity contribution in [1.29, 1.82) is 0 Å². The van der Waals surface area contributed by atoms with Gasteiger partial charge in [0.25, 0.3) is 0 Å². The normalized spacial score (nSPS) is 17.8. The van der Waals surface area contributed by atoms with Gasteiger partial charge in [-0.05, 0) is 45.2 Å². The molecule has 3 heterocycles. The monoisotopic (exact) mass is 432 g/mol. The molecule has 0 atom stereocenters. The van der Waals surface area contributed by atoms with Gasteiger partial charge in [0.15, 0.2) is 11.0 Å². The van der Waals surface area contributed by atoms with E-state index in [1.54, 1.807) is 19.2 Å². The second kappa shape index (κ2) is 7.71. The van der Waals surface area contributed by atoms with Crippen molar-refractivity contribution in [2.45, 2.75) is 19.4 Å². The SMILES string of the molecule is COc1cc2c(c3oc(-c4cccc(N5CCN(C)CC5)c4)cc(=O)c13)C=CC(C)(C)O2. The average Bonchev–Trinajstić information content (AvgIpc) is 2.78. The number of methoxy groups -OCH3 is 1. The molecule has 2 aliphatic rings. The Morgan fingerprint density at radius 1 is 1.06 bits per heavy atom. The van der Waals surface area contributed by atoms with Gasteiger partial charge in [-0.1, -0.05) is 12.1 Å². The predicted molar refractivity (Wildman–Crippen MR) is 128 cm³/mol. The van der Waals surface area contributed by atoms with Crippen LogP contribution in [-0.2, 0) is 0 Å². The molecular formula is C26H28N2O4. The first-order chi connectivity index (χ1) is 15.3. The first-order valence-corrected chi connectivity index (χ1v) is 11.0. The van der Waals surface area contributed by atoms with E-state index in [0.717, 1.165) is 43.0 Å². The number of likely N-dealkylation sites (N-methyl/N-ethyl adjacent to an activating group) is 1. The van der Waals surface area contributed by atoms with E-state index in [0.29, 0.717) is 28.2 Å². The van der Waals surface area contributed by atoms with Crippen molar-refractivity contribution in [2.24, 2.45) is 0 Å². The van der Waals surface area contributed by atoms with E-state index < -0.39 is 5.60 Å². The van der Waals surface area contributed by atoms with Crippen LogP contribution in [0.15, 0.2) is 51.7 Å². The molecule has 166 valence electrons. The summed E-state index contributed by atoms with van der Waals surface area (Å²) in [7, 11) is 3.70. The van der Waals surface area contributed by atoms with Crippen LogP contribution in [0.2, 0.25) is 0 Å². The third-order valence-electron chi connectivity index (χ3n) is 6.21. The Labute approximate surface area is 187 Å². The van der Waals surface area contributed by atoms with E-state index >= 15 is 0 Å². The molecule has 0 spiro atoms. The molecule has 0 saturated carbocycles. The number of anilines is 1. The number of fused-ring (bicyclic) bond motifs is 3. The molecule has 2 aromatic carbocycles. The van der Waals surface area contributed by atoms with Gasteiger partial charge in [-0.2, -0.15) is 0 Å². The van der Waals surface area contributed by atoms with Gasteiger partial charge in [0.2, 0.25) is 0 Å². The third kappa shape index (κ3) is 3.65. The number of hydrogen-bond acceptors (Lipinski definition) is 6. The summed E-state index contributed by atoms with van der Waals surface area (Å²) < 4.78 is 18.0. The van der Waals surface area contributed by atoms with E-state index in [4.69, 9.17) is 13.9 Å². The highest BCUT2D eigenvalue weighted by Gasteiger charge is 2.27. The van der Waals surface area contributed by atoms with Gasteiger partial charge < -0.3 is 23.7 Å². The fourth-order valence-corrected chi connectivity index (χ4v) is 4.36. The molecule has 0 unspecified atom stereocenters. The first kappa shape index (κ1) is 20.6. The van der Waals surface area contributed by atoms with Gasteiger partial charge in [-0.3, -0.25) is 4.79 Å². The lowest BCUT2D eigenvalue weighted by Crippen LogP contribution is -2.44. The van der Waals surface area contributed by atoms with Gasteiger partial charge in [-0.15, -0.1) is 0 Å². The molecule has 3 aromatic rings. The Morgan fingerprint density at radius 2 is 1.84 bits per heavy atom. The smallest absolute Gasteiger partial charge is 0.197 e. The highest BCUT2D eigenvalue weighted by atomic mass is 16.5. The molecule has 5 rings (SSSR count). The summed E-state index contributed by atoms with van der Waals surface area (Å²) in [5, 5.41) is 0.429. The van der Waals surface area contributed by atoms with Crippen molar-refractivity contribution < 1.29 is 13.9 Å². The number of piperazine rings is 1. The minimum Gasteiger partial charge on any atom is -0.496 e. The van der Waals surface area contributed by atoms with Gasteiger partial charge >= 0.3 is 0 Å². The molecule has 32 heavy (non-hydrogen) atoms. The highest BCUT2D eigenvalue weighted by Crippen LogP contribution is 2.41. The summed E-state index contributed by atoms with van der Waals surface area (Å²) >= 11 is 0. The van der Waals surface area contributed by atoms with Crippen molar-refractivity contribution in [1.82, 2.24) is 4.90 Å². The van der Waals surface area contributed by atoms with Crippen LogP contribution in [0.1, 0.15) is 19.4 Å². The summed E-state index contributed by atoms with van der Waals surface area (Å²) in [6.45, 7) is 7.99. The van der Waals surface area contributed by atoms with E-state index in [-0.39, 0.29) is 5.43 Å². The standard InChI is InChI=1S/C26H28N2O4/c1-26(2)9-8-19-22(32-26)16-23(30-4)24-20(29)15-21(31-25(19)24)17-6-5-7-18(14-17)28-12-10-27(3)11-13-28/h5-9,14-16H,10-13H2,1-4H3. The van der Waals surface area contributed by atoms with Crippen molar-refractivity contribution in [3.8, 4) is 22.8 Å². The van der Waals surface area contributed by atoms with Crippen LogP contribution < -0.4 is 19.8 Å². The van der Waals surface area contributed by atoms with Crippen LogP contribution in [0, 0.1) is 0 Å². The molecule has 1 aromatic heterocycles. The Balaban J connectivity index is 1.64. The largest absolute Gasteiger partial charge is 0.496 e. The summed E-state index contributed by atoms with van der Waals surface area (Å²) in [6.07, 6.45) is 3.94. The summed E-state index contributed by atoms with van der Waals surface area (Å²) in [4.78, 5) is 17.9. The Bertz CT molecular complexity index is 1270. The second-order valence-corrected chi connectivity index (χ2v) is 9.05. The quantitative estimate of drug-likeness (QED) is 0.611. The molecule has 0 aliphatic carbocycles. The molecule has 0 amide bonds. The maximum atomic E-state index is 13.2. The Kier molecular flexibility index (Phi) is 4.97. The number of rotatable bonds is 3.